The second-order valence-electron chi connectivity index (χ2n) is 13.0. The van der Waals surface area contributed by atoms with Crippen molar-refractivity contribution in [2.24, 2.45) is 0 Å². The molecular formula is C43H38O15. The van der Waals surface area contributed by atoms with Crippen LogP contribution in [0, 0.1) is 6.92 Å². The number of hydrogen-bond donors (Lipinski definition) is 0. The van der Waals surface area contributed by atoms with Crippen LogP contribution in [0.4, 0.5) is 4.79 Å². The predicted octanol–water partition coefficient (Wildman–Crippen LogP) is 6.01. The van der Waals surface area contributed by atoms with Gasteiger partial charge in [0.1, 0.15) is 29.5 Å². The van der Waals surface area contributed by atoms with Crippen LogP contribution in [-0.4, -0.2) is 86.8 Å². The number of rotatable bonds is 15. The number of ether oxygens (including phenoxy) is 9. The normalized spacial score (nSPS) is 17.9. The van der Waals surface area contributed by atoms with Crippen LogP contribution in [0.2, 0.25) is 0 Å². The van der Waals surface area contributed by atoms with Gasteiger partial charge in [-0.15, -0.1) is 0 Å². The maximum atomic E-state index is 13.0. The molecule has 2 fully saturated rings. The summed E-state index contributed by atoms with van der Waals surface area (Å²) in [6.45, 7) is 5.50. The second-order valence-corrected chi connectivity index (χ2v) is 13.0. The third-order valence-electron chi connectivity index (χ3n) is 8.83. The van der Waals surface area contributed by atoms with Crippen molar-refractivity contribution in [3.05, 3.63) is 138 Å². The molecule has 0 amide bonds. The molecule has 6 rings (SSSR count). The zero-order valence-electron chi connectivity index (χ0n) is 31.2. The van der Waals surface area contributed by atoms with Crippen molar-refractivity contribution in [2.45, 2.75) is 44.2 Å². The van der Waals surface area contributed by atoms with Gasteiger partial charge in [0.2, 0.25) is 0 Å². The number of hydrogen-bond acceptors (Lipinski definition) is 15. The van der Waals surface area contributed by atoms with Crippen molar-refractivity contribution < 1.29 is 71.4 Å². The summed E-state index contributed by atoms with van der Waals surface area (Å²) in [6.07, 6.45) is -1.77. The average molecular weight is 795 g/mol. The SMILES string of the molecule is C=CC(=O)OCCCCOC(=O)Oc1ccc(C(=O)Oc2ccc(C(=O)OC3COC4C(OC(=O)c5ccc(OC(=O)c6ccc(C)cc6)cc5)COC34)cc2)cc1. The van der Waals surface area contributed by atoms with E-state index < -0.39 is 60.4 Å². The first-order chi connectivity index (χ1) is 28.1. The van der Waals surface area contributed by atoms with Gasteiger partial charge >= 0.3 is 36.0 Å². The van der Waals surface area contributed by atoms with Crippen molar-refractivity contribution in [3.63, 3.8) is 0 Å². The van der Waals surface area contributed by atoms with E-state index in [4.69, 9.17) is 42.6 Å². The van der Waals surface area contributed by atoms with Gasteiger partial charge in [-0.1, -0.05) is 24.3 Å². The molecule has 0 saturated carbocycles. The van der Waals surface area contributed by atoms with E-state index >= 15 is 0 Å². The van der Waals surface area contributed by atoms with E-state index in [2.05, 4.69) is 6.58 Å². The second kappa shape index (κ2) is 19.3. The summed E-state index contributed by atoms with van der Waals surface area (Å²) >= 11 is 0. The van der Waals surface area contributed by atoms with Crippen LogP contribution < -0.4 is 14.2 Å². The van der Waals surface area contributed by atoms with Gasteiger partial charge in [0.05, 0.1) is 48.7 Å². The van der Waals surface area contributed by atoms with Gasteiger partial charge in [-0.25, -0.2) is 28.8 Å². The molecule has 0 aromatic heterocycles. The molecule has 15 nitrogen and oxygen atoms in total. The molecule has 4 aromatic carbocycles. The third-order valence-corrected chi connectivity index (χ3v) is 8.83. The van der Waals surface area contributed by atoms with E-state index in [9.17, 15) is 28.8 Å². The quantitative estimate of drug-likeness (QED) is 0.0340. The molecule has 2 heterocycles. The van der Waals surface area contributed by atoms with Crippen LogP contribution in [0.15, 0.2) is 110 Å². The van der Waals surface area contributed by atoms with Gasteiger partial charge in [-0.2, -0.15) is 0 Å². The molecule has 2 aliphatic rings. The number of unbranched alkanes of at least 4 members (excludes halogenated alkanes) is 1. The monoisotopic (exact) mass is 794 g/mol. The van der Waals surface area contributed by atoms with Crippen molar-refractivity contribution in [3.8, 4) is 17.2 Å². The number of esters is 5. The molecule has 58 heavy (non-hydrogen) atoms. The minimum Gasteiger partial charge on any atom is -0.463 e. The lowest BCUT2D eigenvalue weighted by atomic mass is 10.1. The Morgan fingerprint density at radius 1 is 0.552 bits per heavy atom. The molecular weight excluding hydrogens is 756 g/mol. The summed E-state index contributed by atoms with van der Waals surface area (Å²) in [4.78, 5) is 74.0. The fraction of sp³-hybridized carbons (Fsp3) is 0.256. The van der Waals surface area contributed by atoms with Crippen LogP contribution in [0.3, 0.4) is 0 Å². The predicted molar refractivity (Wildman–Crippen MR) is 201 cm³/mol. The zero-order chi connectivity index (χ0) is 41.0. The van der Waals surface area contributed by atoms with E-state index in [1.807, 2.05) is 19.1 Å². The number of aryl methyl sites for hydroxylation is 1. The Hall–Kier alpha value is -6.84. The Balaban J connectivity index is 0.911. The van der Waals surface area contributed by atoms with Gasteiger partial charge in [0, 0.05) is 6.08 Å². The number of benzene rings is 4. The fourth-order valence-electron chi connectivity index (χ4n) is 5.76. The lowest BCUT2D eigenvalue weighted by molar-refractivity contribution is -0.137. The van der Waals surface area contributed by atoms with Gasteiger partial charge in [-0.05, 0) is 105 Å². The topological polar surface area (TPSA) is 185 Å². The Labute approximate surface area is 332 Å². The molecule has 300 valence electrons. The first-order valence-corrected chi connectivity index (χ1v) is 18.2. The largest absolute Gasteiger partial charge is 0.513 e. The summed E-state index contributed by atoms with van der Waals surface area (Å²) in [5, 5.41) is 0. The standard InChI is InChI=1S/C43H38O15/c1-3-36(44)50-22-4-5-23-51-43(49)56-33-20-14-28(15-21-33)40(46)55-32-18-12-30(13-19-32)42(48)58-35-25-53-37-34(24-52-38(35)37)57-41(47)29-10-16-31(17-11-29)54-39(45)27-8-6-26(2)7-9-27/h3,6-21,34-35,37-38H,1,4-5,22-25H2,2H3. The summed E-state index contributed by atoms with van der Waals surface area (Å²) in [5.74, 6) is -2.47. The maximum absolute atomic E-state index is 13.0. The molecule has 0 N–H and O–H groups in total. The van der Waals surface area contributed by atoms with Crippen molar-refractivity contribution >= 4 is 36.0 Å². The highest BCUT2D eigenvalue weighted by Gasteiger charge is 2.51. The van der Waals surface area contributed by atoms with E-state index in [1.165, 1.54) is 72.8 Å². The third kappa shape index (κ3) is 10.9. The van der Waals surface area contributed by atoms with Crippen LogP contribution >= 0.6 is 0 Å². The fourth-order valence-corrected chi connectivity index (χ4v) is 5.76. The first-order valence-electron chi connectivity index (χ1n) is 18.2. The van der Waals surface area contributed by atoms with E-state index in [1.54, 1.807) is 12.1 Å². The molecule has 0 spiro atoms. The van der Waals surface area contributed by atoms with E-state index in [-0.39, 0.29) is 60.4 Å². The van der Waals surface area contributed by atoms with Gasteiger partial charge in [0.15, 0.2) is 12.2 Å². The molecule has 4 atom stereocenters. The van der Waals surface area contributed by atoms with Crippen molar-refractivity contribution in [1.29, 1.82) is 0 Å². The van der Waals surface area contributed by atoms with E-state index in [0.717, 1.165) is 11.6 Å². The molecule has 2 aliphatic heterocycles. The molecule has 0 radical (unpaired) electrons. The molecule has 4 aromatic rings. The first kappa shape index (κ1) is 40.8. The maximum Gasteiger partial charge on any atom is 0.513 e. The highest BCUT2D eigenvalue weighted by molar-refractivity contribution is 5.93. The van der Waals surface area contributed by atoms with Crippen LogP contribution in [0.25, 0.3) is 0 Å². The van der Waals surface area contributed by atoms with Crippen molar-refractivity contribution in [1.82, 2.24) is 0 Å². The summed E-state index contributed by atoms with van der Waals surface area (Å²) in [7, 11) is 0. The molecule has 0 bridgehead atoms. The molecule has 2 saturated heterocycles. The number of fused-ring (bicyclic) bond motifs is 1. The Morgan fingerprint density at radius 2 is 0.931 bits per heavy atom. The summed E-state index contributed by atoms with van der Waals surface area (Å²) in [5.41, 5.74) is 1.99. The van der Waals surface area contributed by atoms with Gasteiger partial charge in [-0.3, -0.25) is 0 Å². The summed E-state index contributed by atoms with van der Waals surface area (Å²) in [6, 6.07) is 24.3. The van der Waals surface area contributed by atoms with E-state index in [0.29, 0.717) is 18.4 Å². The van der Waals surface area contributed by atoms with Crippen LogP contribution in [0.5, 0.6) is 17.2 Å². The highest BCUT2D eigenvalue weighted by atomic mass is 16.7. The van der Waals surface area contributed by atoms with Crippen molar-refractivity contribution in [2.75, 3.05) is 26.4 Å². The number of carbonyl (C=O) groups is 6. The van der Waals surface area contributed by atoms with Crippen LogP contribution in [-0.2, 0) is 33.2 Å². The average Bonchev–Trinajstić information content (AvgIpc) is 3.82. The molecule has 4 unspecified atom stereocenters. The lowest BCUT2D eigenvalue weighted by Gasteiger charge is -2.17. The van der Waals surface area contributed by atoms with Gasteiger partial charge in [0.25, 0.3) is 0 Å². The summed E-state index contributed by atoms with van der Waals surface area (Å²) < 4.78 is 48.7. The highest BCUT2D eigenvalue weighted by Crippen LogP contribution is 2.32. The zero-order valence-corrected chi connectivity index (χ0v) is 31.2. The lowest BCUT2D eigenvalue weighted by Crippen LogP contribution is -2.36. The minimum absolute atomic E-state index is 0.0213. The molecule has 15 heteroatoms. The Morgan fingerprint density at radius 3 is 1.36 bits per heavy atom. The van der Waals surface area contributed by atoms with Gasteiger partial charge < -0.3 is 42.6 Å². The molecule has 0 aliphatic carbocycles. The minimum atomic E-state index is -0.931. The number of carbonyl (C=O) groups excluding carboxylic acids is 6. The Bertz CT molecular complexity index is 2110. The smallest absolute Gasteiger partial charge is 0.463 e. The van der Waals surface area contributed by atoms with Crippen LogP contribution in [0.1, 0.15) is 59.8 Å². The Kier molecular flexibility index (Phi) is 13.6.